The molecule has 51 heavy (non-hydrogen) atoms. The zero-order valence-corrected chi connectivity index (χ0v) is 31.8. The molecule has 0 bridgehead atoms. The number of piperazine rings is 1. The van der Waals surface area contributed by atoms with E-state index in [1.54, 1.807) is 26.2 Å². The molecule has 3 aromatic rings. The van der Waals surface area contributed by atoms with Crippen LogP contribution < -0.4 is 16.4 Å². The van der Waals surface area contributed by atoms with Crippen LogP contribution in [0.4, 0.5) is 4.79 Å². The van der Waals surface area contributed by atoms with E-state index >= 15 is 0 Å². The third kappa shape index (κ3) is 11.3. The first-order chi connectivity index (χ1) is 24.1. The van der Waals surface area contributed by atoms with Gasteiger partial charge in [-0.2, -0.15) is 0 Å². The molecule has 1 saturated heterocycles. The first-order valence-electron chi connectivity index (χ1n) is 17.7. The van der Waals surface area contributed by atoms with Crippen LogP contribution in [0, 0.1) is 5.92 Å². The Hall–Kier alpha value is -3.91. The van der Waals surface area contributed by atoms with Gasteiger partial charge in [0, 0.05) is 74.3 Å². The largest absolute Gasteiger partial charge is 0.432 e. The normalized spacial score (nSPS) is 18.2. The molecule has 13 heteroatoms. The van der Waals surface area contributed by atoms with E-state index in [2.05, 4.69) is 20.5 Å². The molecule has 3 amide bonds. The fourth-order valence-corrected chi connectivity index (χ4v) is 7.20. The maximum Gasteiger partial charge on any atom is 0.405 e. The molecule has 0 aliphatic carbocycles. The molecule has 0 radical (unpaired) electrons. The van der Waals surface area contributed by atoms with E-state index in [0.717, 1.165) is 16.1 Å². The van der Waals surface area contributed by atoms with E-state index in [0.29, 0.717) is 38.3 Å². The van der Waals surface area contributed by atoms with Crippen molar-refractivity contribution in [3.8, 4) is 0 Å². The third-order valence-corrected chi connectivity index (χ3v) is 10.3. The van der Waals surface area contributed by atoms with E-state index in [1.165, 1.54) is 11.3 Å². The first-order valence-corrected chi connectivity index (χ1v) is 18.6. The minimum atomic E-state index is -1.68. The van der Waals surface area contributed by atoms with E-state index < -0.39 is 47.2 Å². The number of aromatic nitrogens is 2. The topological polar surface area (TPSA) is 163 Å². The minimum Gasteiger partial charge on any atom is -0.432 e. The van der Waals surface area contributed by atoms with E-state index in [1.807, 2.05) is 87.4 Å². The third-order valence-electron chi connectivity index (χ3n) is 9.14. The summed E-state index contributed by atoms with van der Waals surface area (Å²) >= 11 is 1.49. The molecule has 4 atom stereocenters. The van der Waals surface area contributed by atoms with Gasteiger partial charge in [0.15, 0.2) is 5.60 Å². The number of hydrogen-bond acceptors (Lipinski definition) is 10. The number of thiazole rings is 1. The molecule has 0 unspecified atom stereocenters. The number of amides is 3. The highest BCUT2D eigenvalue weighted by atomic mass is 32.1. The molecule has 278 valence electrons. The maximum absolute atomic E-state index is 14.5. The Morgan fingerprint density at radius 3 is 2.31 bits per heavy atom. The van der Waals surface area contributed by atoms with Crippen molar-refractivity contribution in [3.63, 3.8) is 0 Å². The summed E-state index contributed by atoms with van der Waals surface area (Å²) in [6.45, 7) is 16.0. The molecule has 1 aliphatic rings. The maximum atomic E-state index is 14.5. The molecule has 4 rings (SSSR count). The van der Waals surface area contributed by atoms with Gasteiger partial charge in [-0.15, -0.1) is 11.3 Å². The number of aliphatic hydroxyl groups is 1. The number of nitrogens with one attached hydrogen (secondary N) is 2. The summed E-state index contributed by atoms with van der Waals surface area (Å²) in [5.74, 6) is -0.988. The molecule has 3 heterocycles. The highest BCUT2D eigenvalue weighted by Crippen LogP contribution is 2.30. The van der Waals surface area contributed by atoms with Gasteiger partial charge in [-0.1, -0.05) is 58.0 Å². The number of β-amino-alcohol motifs (C(OH)–C–C–N with tert-alkyl or cyclic N) is 1. The summed E-state index contributed by atoms with van der Waals surface area (Å²) < 4.78 is 5.71. The predicted molar refractivity (Wildman–Crippen MR) is 199 cm³/mol. The van der Waals surface area contributed by atoms with Crippen LogP contribution in [0.3, 0.4) is 0 Å². The fraction of sp³-hybridized carbons (Fsp3) is 0.553. The molecule has 5 N–H and O–H groups in total. The average molecular weight is 722 g/mol. The standard InChI is InChI=1S/C38H55N7O5S/c1-25(2)34-41-29(24-51-34)20-38(26(3)4,50-36(39)49)35(48)42-30(19-27-11-9-8-10-12-27)32(46)23-45-18-17-44(21-28-13-15-40-16-14-28)22-31(45)33(47)43-37(5,6)7/h8-16,24-26,30-32,46H,17-23H2,1-7H3,(H2,39,49)(H,42,48)(H,43,47)/t30-,31-,32+,38-/m0/s1. The molecule has 1 fully saturated rings. The molecular weight excluding hydrogens is 667 g/mol. The highest BCUT2D eigenvalue weighted by molar-refractivity contribution is 7.09. The van der Waals surface area contributed by atoms with Gasteiger partial charge in [-0.3, -0.25) is 24.4 Å². The number of nitrogens with two attached hydrogens (primary N) is 1. The van der Waals surface area contributed by atoms with Gasteiger partial charge >= 0.3 is 6.09 Å². The van der Waals surface area contributed by atoms with Crippen LogP contribution in [0.25, 0.3) is 0 Å². The van der Waals surface area contributed by atoms with Crippen molar-refractivity contribution >= 4 is 29.2 Å². The average Bonchev–Trinajstić information content (AvgIpc) is 3.53. The fourth-order valence-electron chi connectivity index (χ4n) is 6.36. The summed E-state index contributed by atoms with van der Waals surface area (Å²) in [7, 11) is 0. The zero-order chi connectivity index (χ0) is 37.3. The van der Waals surface area contributed by atoms with Gasteiger partial charge in [0.2, 0.25) is 5.91 Å². The van der Waals surface area contributed by atoms with Gasteiger partial charge in [-0.25, -0.2) is 9.78 Å². The van der Waals surface area contributed by atoms with E-state index in [9.17, 15) is 19.5 Å². The molecule has 1 aromatic carbocycles. The zero-order valence-electron chi connectivity index (χ0n) is 31.0. The van der Waals surface area contributed by atoms with Crippen molar-refractivity contribution in [3.05, 3.63) is 82.1 Å². The lowest BCUT2D eigenvalue weighted by Gasteiger charge is -2.43. The molecule has 2 aromatic heterocycles. The summed E-state index contributed by atoms with van der Waals surface area (Å²) in [5.41, 5.74) is 6.07. The van der Waals surface area contributed by atoms with Crippen molar-refractivity contribution < 1.29 is 24.2 Å². The molecule has 1 aliphatic heterocycles. The quantitative estimate of drug-likeness (QED) is 0.183. The Kier molecular flexibility index (Phi) is 13.7. The van der Waals surface area contributed by atoms with Crippen LogP contribution in [-0.4, -0.2) is 98.3 Å². The Balaban J connectivity index is 1.62. The van der Waals surface area contributed by atoms with Crippen molar-refractivity contribution in [2.75, 3.05) is 26.2 Å². The lowest BCUT2D eigenvalue weighted by molar-refractivity contribution is -0.146. The van der Waals surface area contributed by atoms with Crippen molar-refractivity contribution in [1.82, 2.24) is 30.4 Å². The summed E-state index contributed by atoms with van der Waals surface area (Å²) in [5, 5.41) is 21.0. The molecule has 12 nitrogen and oxygen atoms in total. The lowest BCUT2D eigenvalue weighted by atomic mass is 9.84. The minimum absolute atomic E-state index is 0.0191. The Bertz CT molecular complexity index is 1580. The molecule has 0 spiro atoms. The van der Waals surface area contributed by atoms with Gasteiger partial charge < -0.3 is 26.2 Å². The highest BCUT2D eigenvalue weighted by Gasteiger charge is 2.47. The number of hydrogen-bond donors (Lipinski definition) is 4. The predicted octanol–water partition coefficient (Wildman–Crippen LogP) is 3.88. The summed E-state index contributed by atoms with van der Waals surface area (Å²) in [4.78, 5) is 53.6. The smallest absolute Gasteiger partial charge is 0.405 e. The number of pyridine rings is 1. The second-order valence-corrected chi connectivity index (χ2v) is 16.0. The van der Waals surface area contributed by atoms with Crippen molar-refractivity contribution in [1.29, 1.82) is 0 Å². The number of ether oxygens (including phenoxy) is 1. The van der Waals surface area contributed by atoms with Crippen LogP contribution in [0.2, 0.25) is 0 Å². The number of benzene rings is 1. The SMILES string of the molecule is CC(C)c1nc(C[C@@](OC(N)=O)(C(=O)N[C@@H](Cc2ccccc2)[C@H](O)CN2CCN(Cc3ccncc3)C[C@H]2C(=O)NC(C)(C)C)C(C)C)cs1. The van der Waals surface area contributed by atoms with Crippen LogP contribution in [-0.2, 0) is 33.7 Å². The first kappa shape index (κ1) is 39.9. The molecular formula is C38H55N7O5S. The van der Waals surface area contributed by atoms with Crippen LogP contribution in [0.5, 0.6) is 0 Å². The van der Waals surface area contributed by atoms with Gasteiger partial charge in [-0.05, 0) is 50.5 Å². The van der Waals surface area contributed by atoms with Crippen molar-refractivity contribution in [2.45, 2.75) is 103 Å². The van der Waals surface area contributed by atoms with Crippen LogP contribution >= 0.6 is 11.3 Å². The lowest BCUT2D eigenvalue weighted by Crippen LogP contribution is -2.64. The van der Waals surface area contributed by atoms with Gasteiger partial charge in [0.05, 0.1) is 22.8 Å². The second kappa shape index (κ2) is 17.5. The summed E-state index contributed by atoms with van der Waals surface area (Å²) in [6.07, 6.45) is 1.68. The molecule has 0 saturated carbocycles. The number of primary amides is 1. The second-order valence-electron chi connectivity index (χ2n) is 15.2. The number of rotatable bonds is 15. The number of carbonyl (C=O) groups is 3. The van der Waals surface area contributed by atoms with Crippen LogP contribution in [0.1, 0.15) is 76.2 Å². The Morgan fingerprint density at radius 2 is 1.73 bits per heavy atom. The Labute approximate surface area is 306 Å². The van der Waals surface area contributed by atoms with Gasteiger partial charge in [0.25, 0.3) is 5.91 Å². The van der Waals surface area contributed by atoms with E-state index in [-0.39, 0.29) is 24.8 Å². The number of nitrogens with zero attached hydrogens (tertiary/aromatic N) is 4. The Morgan fingerprint density at radius 1 is 1.04 bits per heavy atom. The summed E-state index contributed by atoms with van der Waals surface area (Å²) in [6, 6.07) is 12.2. The van der Waals surface area contributed by atoms with E-state index in [4.69, 9.17) is 15.5 Å². The van der Waals surface area contributed by atoms with Gasteiger partial charge in [0.1, 0.15) is 6.04 Å². The van der Waals surface area contributed by atoms with Crippen molar-refractivity contribution in [2.24, 2.45) is 11.7 Å². The van der Waals surface area contributed by atoms with Crippen LogP contribution in [0.15, 0.2) is 60.2 Å². The number of carbonyl (C=O) groups excluding carboxylic acids is 3. The monoisotopic (exact) mass is 721 g/mol. The number of aliphatic hydroxyl groups excluding tert-OH is 1.